The topological polar surface area (TPSA) is 225 Å². The third-order valence-electron chi connectivity index (χ3n) is 4.63. The zero-order valence-electron chi connectivity index (χ0n) is 19.2. The first kappa shape index (κ1) is 29.8. The molecular weight excluding hydrogens is 440 g/mol. The van der Waals surface area contributed by atoms with Crippen LogP contribution in [0.15, 0.2) is 0 Å². The molecule has 0 rings (SSSR count). The zero-order chi connectivity index (χ0) is 25.9. The molecule has 0 heterocycles. The van der Waals surface area contributed by atoms with Gasteiger partial charge in [0.25, 0.3) is 0 Å². The summed E-state index contributed by atoms with van der Waals surface area (Å²) in [5.41, 5.74) is 5.72. The number of aliphatic carboxylic acids is 3. The van der Waals surface area contributed by atoms with Crippen LogP contribution in [-0.2, 0) is 28.8 Å². The van der Waals surface area contributed by atoms with E-state index in [0.717, 1.165) is 0 Å². The molecule has 0 fully saturated rings. The first-order valence-electron chi connectivity index (χ1n) is 10.5. The lowest BCUT2D eigenvalue weighted by Crippen LogP contribution is -2.58. The smallest absolute Gasteiger partial charge is 0.326 e. The lowest BCUT2D eigenvalue weighted by atomic mass is 10.0. The van der Waals surface area contributed by atoms with Gasteiger partial charge in [0.05, 0.1) is 12.5 Å². The molecule has 0 aromatic rings. The van der Waals surface area contributed by atoms with E-state index in [1.165, 1.54) is 0 Å². The normalized spacial score (nSPS) is 14.6. The molecule has 4 atom stereocenters. The van der Waals surface area contributed by atoms with Crippen molar-refractivity contribution in [2.24, 2.45) is 17.6 Å². The number of nitrogens with two attached hydrogens (primary N) is 1. The molecule has 0 spiro atoms. The highest BCUT2D eigenvalue weighted by Gasteiger charge is 2.32. The average Bonchev–Trinajstić information content (AvgIpc) is 2.67. The van der Waals surface area contributed by atoms with Crippen molar-refractivity contribution in [3.05, 3.63) is 0 Å². The molecule has 0 aliphatic carbocycles. The third-order valence-corrected chi connectivity index (χ3v) is 4.63. The van der Waals surface area contributed by atoms with Crippen molar-refractivity contribution < 1.29 is 44.1 Å². The molecule has 0 bridgehead atoms. The third kappa shape index (κ3) is 11.8. The molecule has 0 aliphatic heterocycles. The van der Waals surface area contributed by atoms with Crippen molar-refractivity contribution in [2.45, 2.75) is 77.5 Å². The van der Waals surface area contributed by atoms with Gasteiger partial charge in [0.2, 0.25) is 17.7 Å². The Morgan fingerprint density at radius 3 is 1.64 bits per heavy atom. The summed E-state index contributed by atoms with van der Waals surface area (Å²) in [6, 6.07) is -5.37. The first-order chi connectivity index (χ1) is 15.1. The van der Waals surface area contributed by atoms with Crippen molar-refractivity contribution in [3.63, 3.8) is 0 Å². The second kappa shape index (κ2) is 14.0. The minimum absolute atomic E-state index is 0.0845. The monoisotopic (exact) mass is 474 g/mol. The Labute approximate surface area is 191 Å². The Hall–Kier alpha value is -3.22. The van der Waals surface area contributed by atoms with Crippen LogP contribution in [0.4, 0.5) is 0 Å². The van der Waals surface area contributed by atoms with Crippen molar-refractivity contribution in [3.8, 4) is 0 Å². The van der Waals surface area contributed by atoms with Gasteiger partial charge in [0.15, 0.2) is 0 Å². The van der Waals surface area contributed by atoms with E-state index in [2.05, 4.69) is 16.0 Å². The van der Waals surface area contributed by atoms with E-state index in [1.807, 2.05) is 0 Å². The van der Waals surface area contributed by atoms with Gasteiger partial charge in [-0.2, -0.15) is 0 Å². The van der Waals surface area contributed by atoms with Crippen LogP contribution >= 0.6 is 0 Å². The predicted molar refractivity (Wildman–Crippen MR) is 115 cm³/mol. The summed E-state index contributed by atoms with van der Waals surface area (Å²) in [6.07, 6.45) is -1.65. The van der Waals surface area contributed by atoms with Crippen LogP contribution in [0.25, 0.3) is 0 Å². The SMILES string of the molecule is CC(C)CC(NC(=O)C(CCC(=O)O)NC(=O)C(CC(=O)O)NC(=O)C(N)C(C)C)C(=O)O. The Kier molecular flexibility index (Phi) is 12.7. The van der Waals surface area contributed by atoms with Crippen LogP contribution < -0.4 is 21.7 Å². The van der Waals surface area contributed by atoms with Gasteiger partial charge in [0, 0.05) is 6.42 Å². The van der Waals surface area contributed by atoms with Crippen LogP contribution in [-0.4, -0.2) is 75.1 Å². The highest BCUT2D eigenvalue weighted by molar-refractivity contribution is 5.95. The van der Waals surface area contributed by atoms with Crippen LogP contribution in [0.1, 0.15) is 53.4 Å². The quantitative estimate of drug-likeness (QED) is 0.151. The Balaban J connectivity index is 5.61. The van der Waals surface area contributed by atoms with Crippen LogP contribution in [0, 0.1) is 11.8 Å². The van der Waals surface area contributed by atoms with E-state index in [4.69, 9.17) is 15.9 Å². The van der Waals surface area contributed by atoms with Crippen molar-refractivity contribution in [1.29, 1.82) is 0 Å². The zero-order valence-corrected chi connectivity index (χ0v) is 19.2. The number of carbonyl (C=O) groups is 6. The van der Waals surface area contributed by atoms with E-state index in [0.29, 0.717) is 0 Å². The molecule has 4 unspecified atom stereocenters. The van der Waals surface area contributed by atoms with E-state index in [-0.39, 0.29) is 24.7 Å². The molecule has 0 saturated heterocycles. The van der Waals surface area contributed by atoms with Crippen molar-refractivity contribution in [2.75, 3.05) is 0 Å². The van der Waals surface area contributed by atoms with Gasteiger partial charge in [-0.05, 0) is 24.7 Å². The fourth-order valence-electron chi connectivity index (χ4n) is 2.73. The molecule has 13 heteroatoms. The van der Waals surface area contributed by atoms with Gasteiger partial charge in [-0.15, -0.1) is 0 Å². The summed E-state index contributed by atoms with van der Waals surface area (Å²) in [7, 11) is 0. The van der Waals surface area contributed by atoms with E-state index < -0.39 is 72.6 Å². The maximum atomic E-state index is 12.7. The fourth-order valence-corrected chi connectivity index (χ4v) is 2.73. The highest BCUT2D eigenvalue weighted by atomic mass is 16.4. The molecule has 188 valence electrons. The van der Waals surface area contributed by atoms with Gasteiger partial charge in [0.1, 0.15) is 18.1 Å². The second-order valence-electron chi connectivity index (χ2n) is 8.45. The predicted octanol–water partition coefficient (Wildman–Crippen LogP) is -1.11. The molecule has 0 aromatic carbocycles. The summed E-state index contributed by atoms with van der Waals surface area (Å²) in [4.78, 5) is 71.1. The van der Waals surface area contributed by atoms with Gasteiger partial charge in [-0.3, -0.25) is 24.0 Å². The Morgan fingerprint density at radius 2 is 1.21 bits per heavy atom. The van der Waals surface area contributed by atoms with E-state index in [9.17, 15) is 33.9 Å². The molecule has 0 radical (unpaired) electrons. The maximum Gasteiger partial charge on any atom is 0.326 e. The molecule has 33 heavy (non-hydrogen) atoms. The van der Waals surface area contributed by atoms with Gasteiger partial charge >= 0.3 is 17.9 Å². The summed E-state index contributed by atoms with van der Waals surface area (Å²) >= 11 is 0. The summed E-state index contributed by atoms with van der Waals surface area (Å²) in [5.74, 6) is -7.15. The van der Waals surface area contributed by atoms with Crippen molar-refractivity contribution >= 4 is 35.6 Å². The second-order valence-corrected chi connectivity index (χ2v) is 8.45. The summed E-state index contributed by atoms with van der Waals surface area (Å²) in [6.45, 7) is 6.79. The highest BCUT2D eigenvalue weighted by Crippen LogP contribution is 2.08. The van der Waals surface area contributed by atoms with Gasteiger partial charge < -0.3 is 37.0 Å². The number of carboxylic acids is 3. The maximum absolute atomic E-state index is 12.7. The Bertz CT molecular complexity index is 739. The first-order valence-corrected chi connectivity index (χ1v) is 10.5. The van der Waals surface area contributed by atoms with E-state index >= 15 is 0 Å². The van der Waals surface area contributed by atoms with Crippen LogP contribution in [0.3, 0.4) is 0 Å². The van der Waals surface area contributed by atoms with Gasteiger partial charge in [-0.1, -0.05) is 27.7 Å². The minimum Gasteiger partial charge on any atom is -0.481 e. The number of rotatable bonds is 15. The number of hydrogen-bond donors (Lipinski definition) is 7. The largest absolute Gasteiger partial charge is 0.481 e. The minimum atomic E-state index is -1.59. The van der Waals surface area contributed by atoms with Crippen LogP contribution in [0.2, 0.25) is 0 Å². The summed E-state index contributed by atoms with van der Waals surface area (Å²) < 4.78 is 0. The molecule has 0 saturated carbocycles. The molecule has 8 N–H and O–H groups in total. The summed E-state index contributed by atoms with van der Waals surface area (Å²) in [5, 5.41) is 34.1. The number of nitrogens with one attached hydrogen (secondary N) is 3. The van der Waals surface area contributed by atoms with E-state index in [1.54, 1.807) is 27.7 Å². The molecule has 0 aromatic heterocycles. The average molecular weight is 475 g/mol. The molecule has 13 nitrogen and oxygen atoms in total. The molecule has 0 aliphatic rings. The van der Waals surface area contributed by atoms with Crippen LogP contribution in [0.5, 0.6) is 0 Å². The molecular formula is C20H34N4O9. The lowest BCUT2D eigenvalue weighted by Gasteiger charge is -2.25. The number of carboxylic acid groups (broad SMARTS) is 3. The standard InChI is InChI=1S/C20H34N4O9/c1-9(2)7-13(20(32)33)24-17(29)11(5-6-14(25)26)22-18(30)12(8-15(27)28)23-19(31)16(21)10(3)4/h9-13,16H,5-8,21H2,1-4H3,(H,22,30)(H,23,31)(H,24,29)(H,25,26)(H,27,28)(H,32,33). The molecule has 3 amide bonds. The van der Waals surface area contributed by atoms with Gasteiger partial charge in [-0.25, -0.2) is 4.79 Å². The lowest BCUT2D eigenvalue weighted by molar-refractivity contribution is -0.144. The van der Waals surface area contributed by atoms with Crippen molar-refractivity contribution in [1.82, 2.24) is 16.0 Å². The number of amides is 3. The Morgan fingerprint density at radius 1 is 0.727 bits per heavy atom. The number of hydrogen-bond acceptors (Lipinski definition) is 7. The fraction of sp³-hybridized carbons (Fsp3) is 0.700. The number of carbonyl (C=O) groups excluding carboxylic acids is 3.